The van der Waals surface area contributed by atoms with Gasteiger partial charge in [-0.1, -0.05) is 29.3 Å². The lowest BCUT2D eigenvalue weighted by atomic mass is 10.2. The maximum Gasteiger partial charge on any atom is 0.417 e. The molecule has 0 unspecified atom stereocenters. The highest BCUT2D eigenvalue weighted by Gasteiger charge is 2.31. The fourth-order valence-electron chi connectivity index (χ4n) is 1.59. The average molecular weight is 337 g/mol. The van der Waals surface area contributed by atoms with E-state index in [1.54, 1.807) is 18.2 Å². The fourth-order valence-corrected chi connectivity index (χ4v) is 2.04. The first-order valence-corrected chi connectivity index (χ1v) is 6.46. The van der Waals surface area contributed by atoms with Crippen molar-refractivity contribution in [3.63, 3.8) is 0 Å². The molecule has 2 N–H and O–H groups in total. The molecule has 0 aliphatic rings. The molecular formula is C13H9Cl2F3N2O. The number of aromatic nitrogens is 1. The molecule has 0 atom stereocenters. The molecule has 2 aromatic rings. The summed E-state index contributed by atoms with van der Waals surface area (Å²) < 4.78 is 43.0. The summed E-state index contributed by atoms with van der Waals surface area (Å²) in [7, 11) is 0. The van der Waals surface area contributed by atoms with Crippen LogP contribution in [0, 0.1) is 0 Å². The van der Waals surface area contributed by atoms with E-state index in [-0.39, 0.29) is 17.4 Å². The van der Waals surface area contributed by atoms with Crippen LogP contribution in [0.15, 0.2) is 30.5 Å². The van der Waals surface area contributed by atoms with Gasteiger partial charge in [-0.2, -0.15) is 13.2 Å². The van der Waals surface area contributed by atoms with E-state index in [9.17, 15) is 13.2 Å². The van der Waals surface area contributed by atoms with Crippen molar-refractivity contribution in [1.29, 1.82) is 0 Å². The highest BCUT2D eigenvalue weighted by Crippen LogP contribution is 2.36. The predicted molar refractivity (Wildman–Crippen MR) is 73.7 cm³/mol. The van der Waals surface area contributed by atoms with Crippen LogP contribution >= 0.6 is 23.2 Å². The van der Waals surface area contributed by atoms with E-state index < -0.39 is 11.7 Å². The zero-order valence-electron chi connectivity index (χ0n) is 10.4. The van der Waals surface area contributed by atoms with Gasteiger partial charge in [0.05, 0.1) is 5.56 Å². The number of hydrogen-bond donors (Lipinski definition) is 1. The Bertz CT molecular complexity index is 662. The summed E-state index contributed by atoms with van der Waals surface area (Å²) in [6, 6.07) is 5.56. The molecule has 0 saturated heterocycles. The molecule has 1 aromatic heterocycles. The summed E-state index contributed by atoms with van der Waals surface area (Å²) in [5.74, 6) is 0.140. The van der Waals surface area contributed by atoms with Crippen molar-refractivity contribution in [2.24, 2.45) is 5.73 Å². The van der Waals surface area contributed by atoms with Crippen LogP contribution in [0.2, 0.25) is 10.0 Å². The minimum atomic E-state index is -4.52. The fraction of sp³-hybridized carbons (Fsp3) is 0.154. The van der Waals surface area contributed by atoms with E-state index in [4.69, 9.17) is 33.7 Å². The zero-order valence-corrected chi connectivity index (χ0v) is 11.9. The van der Waals surface area contributed by atoms with Gasteiger partial charge < -0.3 is 10.5 Å². The zero-order chi connectivity index (χ0) is 15.6. The van der Waals surface area contributed by atoms with E-state index in [2.05, 4.69) is 4.98 Å². The van der Waals surface area contributed by atoms with Crippen molar-refractivity contribution in [2.45, 2.75) is 12.7 Å². The second-order valence-corrected chi connectivity index (χ2v) is 4.85. The van der Waals surface area contributed by atoms with Gasteiger partial charge in [0.25, 0.3) is 0 Å². The van der Waals surface area contributed by atoms with Gasteiger partial charge in [0.1, 0.15) is 10.8 Å². The smallest absolute Gasteiger partial charge is 0.417 e. The van der Waals surface area contributed by atoms with Crippen LogP contribution in [-0.2, 0) is 12.7 Å². The molecule has 0 saturated carbocycles. The van der Waals surface area contributed by atoms with Gasteiger partial charge in [-0.3, -0.25) is 0 Å². The maximum atomic E-state index is 12.5. The van der Waals surface area contributed by atoms with Gasteiger partial charge >= 0.3 is 6.18 Å². The van der Waals surface area contributed by atoms with Crippen LogP contribution < -0.4 is 10.5 Å². The topological polar surface area (TPSA) is 48.1 Å². The van der Waals surface area contributed by atoms with Gasteiger partial charge in [0.15, 0.2) is 0 Å². The first-order chi connectivity index (χ1) is 9.82. The summed E-state index contributed by atoms with van der Waals surface area (Å²) in [4.78, 5) is 3.59. The van der Waals surface area contributed by atoms with Crippen LogP contribution in [0.4, 0.5) is 13.2 Å². The van der Waals surface area contributed by atoms with Crippen LogP contribution in [-0.4, -0.2) is 4.98 Å². The molecule has 0 bridgehead atoms. The molecule has 112 valence electrons. The molecule has 0 fully saturated rings. The molecule has 3 nitrogen and oxygen atoms in total. The molecule has 1 aromatic carbocycles. The van der Waals surface area contributed by atoms with Crippen LogP contribution in [0.25, 0.3) is 0 Å². The largest absolute Gasteiger partial charge is 0.437 e. The summed E-state index contributed by atoms with van der Waals surface area (Å²) in [5.41, 5.74) is 5.12. The van der Waals surface area contributed by atoms with Crippen LogP contribution in [0.3, 0.4) is 0 Å². The SMILES string of the molecule is NCc1c(Cl)cccc1Oc1ncc(C(F)(F)F)cc1Cl. The Morgan fingerprint density at radius 2 is 1.90 bits per heavy atom. The first kappa shape index (κ1) is 15.9. The molecule has 0 aliphatic heterocycles. The Labute approximate surface area is 128 Å². The van der Waals surface area contributed by atoms with E-state index in [1.165, 1.54) is 0 Å². The van der Waals surface area contributed by atoms with Crippen molar-refractivity contribution in [2.75, 3.05) is 0 Å². The van der Waals surface area contributed by atoms with E-state index in [0.717, 1.165) is 6.07 Å². The molecule has 0 amide bonds. The maximum absolute atomic E-state index is 12.5. The number of halogens is 5. The van der Waals surface area contributed by atoms with Gasteiger partial charge in [-0.15, -0.1) is 0 Å². The van der Waals surface area contributed by atoms with E-state index in [1.807, 2.05) is 0 Å². The van der Waals surface area contributed by atoms with Crippen molar-refractivity contribution < 1.29 is 17.9 Å². The molecule has 0 aliphatic carbocycles. The molecule has 1 heterocycles. The third kappa shape index (κ3) is 3.58. The number of rotatable bonds is 3. The molecule has 2 rings (SSSR count). The summed E-state index contributed by atoms with van der Waals surface area (Å²) >= 11 is 11.7. The predicted octanol–water partition coefficient (Wildman–Crippen LogP) is 4.66. The van der Waals surface area contributed by atoms with Gasteiger partial charge in [0, 0.05) is 23.3 Å². The second kappa shape index (κ2) is 6.09. The Kier molecular flexibility index (Phi) is 4.61. The third-order valence-electron chi connectivity index (χ3n) is 2.62. The van der Waals surface area contributed by atoms with Crippen molar-refractivity contribution in [3.05, 3.63) is 51.6 Å². The number of pyridine rings is 1. The molecule has 0 radical (unpaired) electrons. The number of hydrogen-bond acceptors (Lipinski definition) is 3. The Morgan fingerprint density at radius 3 is 2.48 bits per heavy atom. The van der Waals surface area contributed by atoms with E-state index >= 15 is 0 Å². The highest BCUT2D eigenvalue weighted by atomic mass is 35.5. The summed E-state index contributed by atoms with van der Waals surface area (Å²) in [6.07, 6.45) is -3.87. The van der Waals surface area contributed by atoms with Crippen molar-refractivity contribution in [1.82, 2.24) is 4.98 Å². The normalized spacial score (nSPS) is 11.5. The number of nitrogens with two attached hydrogens (primary N) is 1. The van der Waals surface area contributed by atoms with Crippen LogP contribution in [0.1, 0.15) is 11.1 Å². The number of nitrogens with zero attached hydrogens (tertiary/aromatic N) is 1. The Morgan fingerprint density at radius 1 is 1.19 bits per heavy atom. The van der Waals surface area contributed by atoms with Gasteiger partial charge in [-0.25, -0.2) is 4.98 Å². The standard InChI is InChI=1S/C13H9Cl2F3N2O/c14-9-2-1-3-11(8(9)5-19)21-12-10(15)4-7(6-20-12)13(16,17)18/h1-4,6H,5,19H2. The highest BCUT2D eigenvalue weighted by molar-refractivity contribution is 6.32. The average Bonchev–Trinajstić information content (AvgIpc) is 2.40. The van der Waals surface area contributed by atoms with Crippen molar-refractivity contribution in [3.8, 4) is 11.6 Å². The minimum absolute atomic E-state index is 0.104. The van der Waals surface area contributed by atoms with Crippen molar-refractivity contribution >= 4 is 23.2 Å². The van der Waals surface area contributed by atoms with Crippen LogP contribution in [0.5, 0.6) is 11.6 Å². The number of alkyl halides is 3. The molecular weight excluding hydrogens is 328 g/mol. The lowest BCUT2D eigenvalue weighted by Crippen LogP contribution is -2.06. The number of benzene rings is 1. The summed E-state index contributed by atoms with van der Waals surface area (Å²) in [5, 5.41) is 0.130. The first-order valence-electron chi connectivity index (χ1n) is 5.71. The summed E-state index contributed by atoms with van der Waals surface area (Å²) in [6.45, 7) is 0.104. The molecule has 21 heavy (non-hydrogen) atoms. The minimum Gasteiger partial charge on any atom is -0.437 e. The number of ether oxygens (including phenoxy) is 1. The lowest BCUT2D eigenvalue weighted by Gasteiger charge is -2.13. The van der Waals surface area contributed by atoms with Gasteiger partial charge in [-0.05, 0) is 18.2 Å². The Hall–Kier alpha value is -1.50. The third-order valence-corrected chi connectivity index (χ3v) is 3.25. The quantitative estimate of drug-likeness (QED) is 0.886. The lowest BCUT2D eigenvalue weighted by molar-refractivity contribution is -0.137. The van der Waals surface area contributed by atoms with Gasteiger partial charge in [0.2, 0.25) is 5.88 Å². The second-order valence-electron chi connectivity index (χ2n) is 4.03. The molecule has 0 spiro atoms. The molecule has 8 heteroatoms. The Balaban J connectivity index is 2.35. The van der Waals surface area contributed by atoms with E-state index in [0.29, 0.717) is 22.5 Å². The monoisotopic (exact) mass is 336 g/mol.